The second-order valence-electron chi connectivity index (χ2n) is 7.54. The summed E-state index contributed by atoms with van der Waals surface area (Å²) in [4.78, 5) is 0. The molecule has 1 aliphatic heterocycles. The van der Waals surface area contributed by atoms with Crippen LogP contribution < -0.4 is 4.74 Å². The van der Waals surface area contributed by atoms with Gasteiger partial charge < -0.3 is 14.2 Å². The molecular weight excluding hydrogens is 417 g/mol. The Morgan fingerprint density at radius 1 is 0.844 bits per heavy atom. The van der Waals surface area contributed by atoms with Crippen LogP contribution in [0.2, 0.25) is 0 Å². The molecule has 1 heterocycles. The maximum Gasteiger partial charge on any atom is 0.201 e. The van der Waals surface area contributed by atoms with E-state index in [4.69, 9.17) is 14.2 Å². The lowest BCUT2D eigenvalue weighted by Crippen LogP contribution is -2.26. The summed E-state index contributed by atoms with van der Waals surface area (Å²) in [5.41, 5.74) is 2.37. The lowest BCUT2D eigenvalue weighted by molar-refractivity contribution is -0.198. The van der Waals surface area contributed by atoms with Gasteiger partial charge in [-0.25, -0.2) is 8.78 Å². The van der Waals surface area contributed by atoms with Gasteiger partial charge in [0.2, 0.25) is 5.82 Å². The molecule has 0 aromatic heterocycles. The van der Waals surface area contributed by atoms with Gasteiger partial charge in [0.25, 0.3) is 0 Å². The molecule has 0 unspecified atom stereocenters. The van der Waals surface area contributed by atoms with Crippen molar-refractivity contribution in [2.75, 3.05) is 20.3 Å². The van der Waals surface area contributed by atoms with Gasteiger partial charge in [0.1, 0.15) is 5.82 Å². The Bertz CT molecular complexity index is 1120. The number of hydrogen-bond acceptors (Lipinski definition) is 3. The summed E-state index contributed by atoms with van der Waals surface area (Å²) < 4.78 is 59.3. The maximum absolute atomic E-state index is 14.8. The third kappa shape index (κ3) is 4.42. The third-order valence-corrected chi connectivity index (χ3v) is 5.44. The van der Waals surface area contributed by atoms with Crippen LogP contribution in [0.1, 0.15) is 18.8 Å². The molecule has 32 heavy (non-hydrogen) atoms. The van der Waals surface area contributed by atoms with Crippen molar-refractivity contribution < 1.29 is 27.4 Å². The predicted molar refractivity (Wildman–Crippen MR) is 117 cm³/mol. The fourth-order valence-electron chi connectivity index (χ4n) is 3.73. The third-order valence-electron chi connectivity index (χ3n) is 5.44. The zero-order valence-corrected chi connectivity index (χ0v) is 17.8. The standard InChI is InChI=1S/C26H23F3O3/c1-3-4-16-14-31-26(32-15-16)21-10-9-19(13-22(21)27)17-5-7-18(8-6-17)20-11-12-23(30-2)25(29)24(20)28/h3-13,16,26H,14-15H2,1-2H3/b4-3+. The Kier molecular flexibility index (Phi) is 6.63. The van der Waals surface area contributed by atoms with E-state index in [1.54, 1.807) is 36.4 Å². The van der Waals surface area contributed by atoms with Crippen molar-refractivity contribution in [1.29, 1.82) is 0 Å². The minimum absolute atomic E-state index is 0.124. The summed E-state index contributed by atoms with van der Waals surface area (Å²) >= 11 is 0. The molecule has 0 saturated carbocycles. The molecule has 3 aromatic carbocycles. The monoisotopic (exact) mass is 440 g/mol. The van der Waals surface area contributed by atoms with Crippen molar-refractivity contribution in [3.8, 4) is 28.0 Å². The van der Waals surface area contributed by atoms with E-state index in [1.165, 1.54) is 25.3 Å². The van der Waals surface area contributed by atoms with Crippen molar-refractivity contribution in [3.63, 3.8) is 0 Å². The number of methoxy groups -OCH3 is 1. The fraction of sp³-hybridized carbons (Fsp3) is 0.231. The molecule has 0 spiro atoms. The summed E-state index contributed by atoms with van der Waals surface area (Å²) in [5.74, 6) is -2.42. The van der Waals surface area contributed by atoms with E-state index in [1.807, 2.05) is 19.1 Å². The smallest absolute Gasteiger partial charge is 0.201 e. The SMILES string of the molecule is C/C=C/C1COC(c2ccc(-c3ccc(-c4ccc(OC)c(F)c4F)cc3)cc2F)OC1. The van der Waals surface area contributed by atoms with Gasteiger partial charge in [-0.05, 0) is 41.8 Å². The molecule has 0 bridgehead atoms. The largest absolute Gasteiger partial charge is 0.494 e. The number of hydrogen-bond donors (Lipinski definition) is 0. The number of allylic oxidation sites excluding steroid dienone is 1. The summed E-state index contributed by atoms with van der Waals surface area (Å²) in [6.07, 6.45) is 3.21. The van der Waals surface area contributed by atoms with E-state index in [2.05, 4.69) is 0 Å². The van der Waals surface area contributed by atoms with Crippen LogP contribution in [-0.4, -0.2) is 20.3 Å². The van der Waals surface area contributed by atoms with Crippen LogP contribution in [0.25, 0.3) is 22.3 Å². The molecule has 0 amide bonds. The molecule has 0 aliphatic carbocycles. The van der Waals surface area contributed by atoms with Gasteiger partial charge in [-0.1, -0.05) is 48.6 Å². The molecule has 4 rings (SSSR count). The minimum atomic E-state index is -1.03. The van der Waals surface area contributed by atoms with Crippen molar-refractivity contribution in [2.45, 2.75) is 13.2 Å². The first kappa shape index (κ1) is 22.1. The lowest BCUT2D eigenvalue weighted by atomic mass is 9.98. The van der Waals surface area contributed by atoms with Crippen molar-refractivity contribution in [3.05, 3.63) is 89.8 Å². The fourth-order valence-corrected chi connectivity index (χ4v) is 3.73. The van der Waals surface area contributed by atoms with Crippen molar-refractivity contribution in [1.82, 2.24) is 0 Å². The van der Waals surface area contributed by atoms with Gasteiger partial charge in [-0.2, -0.15) is 4.39 Å². The maximum atomic E-state index is 14.8. The quantitative estimate of drug-likeness (QED) is 0.414. The highest BCUT2D eigenvalue weighted by Crippen LogP contribution is 2.33. The second kappa shape index (κ2) is 9.59. The highest BCUT2D eigenvalue weighted by Gasteiger charge is 2.24. The van der Waals surface area contributed by atoms with Crippen LogP contribution in [0.5, 0.6) is 5.75 Å². The van der Waals surface area contributed by atoms with Gasteiger partial charge in [0.15, 0.2) is 17.9 Å². The molecule has 3 nitrogen and oxygen atoms in total. The summed E-state index contributed by atoms with van der Waals surface area (Å²) in [6, 6.07) is 14.5. The first-order valence-corrected chi connectivity index (χ1v) is 10.3. The van der Waals surface area contributed by atoms with E-state index in [0.717, 1.165) is 5.56 Å². The first-order chi connectivity index (χ1) is 15.5. The van der Waals surface area contributed by atoms with E-state index < -0.39 is 23.7 Å². The van der Waals surface area contributed by atoms with Crippen LogP contribution in [0.4, 0.5) is 13.2 Å². The van der Waals surface area contributed by atoms with E-state index in [0.29, 0.717) is 29.9 Å². The van der Waals surface area contributed by atoms with Crippen LogP contribution in [0.3, 0.4) is 0 Å². The van der Waals surface area contributed by atoms with Gasteiger partial charge in [-0.15, -0.1) is 0 Å². The molecule has 0 N–H and O–H groups in total. The van der Waals surface area contributed by atoms with Crippen LogP contribution in [0, 0.1) is 23.4 Å². The molecule has 6 heteroatoms. The van der Waals surface area contributed by atoms with Gasteiger partial charge >= 0.3 is 0 Å². The Hall–Kier alpha value is -3.09. The average Bonchev–Trinajstić information content (AvgIpc) is 2.82. The molecule has 0 atom stereocenters. The van der Waals surface area contributed by atoms with Gasteiger partial charge in [0, 0.05) is 17.0 Å². The number of benzene rings is 3. The van der Waals surface area contributed by atoms with Gasteiger partial charge in [-0.3, -0.25) is 0 Å². The molecular formula is C26H23F3O3. The Morgan fingerprint density at radius 3 is 2.12 bits per heavy atom. The predicted octanol–water partition coefficient (Wildman–Crippen LogP) is 6.68. The van der Waals surface area contributed by atoms with E-state index in [9.17, 15) is 13.2 Å². The second-order valence-corrected chi connectivity index (χ2v) is 7.54. The average molecular weight is 440 g/mol. The van der Waals surface area contributed by atoms with E-state index >= 15 is 0 Å². The normalized spacial score (nSPS) is 18.8. The van der Waals surface area contributed by atoms with Gasteiger partial charge in [0.05, 0.1) is 20.3 Å². The van der Waals surface area contributed by atoms with Crippen LogP contribution in [-0.2, 0) is 9.47 Å². The molecule has 1 fully saturated rings. The number of halogens is 3. The van der Waals surface area contributed by atoms with Crippen LogP contribution in [0.15, 0.2) is 66.7 Å². The summed E-state index contributed by atoms with van der Waals surface area (Å²) in [5, 5.41) is 0. The highest BCUT2D eigenvalue weighted by atomic mass is 19.2. The lowest BCUT2D eigenvalue weighted by Gasteiger charge is -2.28. The molecule has 166 valence electrons. The number of rotatable bonds is 5. The zero-order valence-electron chi connectivity index (χ0n) is 17.8. The highest BCUT2D eigenvalue weighted by molar-refractivity contribution is 5.71. The summed E-state index contributed by atoms with van der Waals surface area (Å²) in [7, 11) is 1.28. The Balaban J connectivity index is 1.53. The molecule has 1 aliphatic rings. The zero-order chi connectivity index (χ0) is 22.7. The Labute approximate surface area is 185 Å². The number of ether oxygens (including phenoxy) is 3. The minimum Gasteiger partial charge on any atom is -0.494 e. The van der Waals surface area contributed by atoms with Crippen LogP contribution >= 0.6 is 0 Å². The van der Waals surface area contributed by atoms with E-state index in [-0.39, 0.29) is 17.2 Å². The molecule has 1 saturated heterocycles. The topological polar surface area (TPSA) is 27.7 Å². The molecule has 0 radical (unpaired) electrons. The molecule has 3 aromatic rings. The van der Waals surface area contributed by atoms with Crippen molar-refractivity contribution in [2.24, 2.45) is 5.92 Å². The first-order valence-electron chi connectivity index (χ1n) is 10.3. The Morgan fingerprint density at radius 2 is 1.50 bits per heavy atom. The van der Waals surface area contributed by atoms with Crippen molar-refractivity contribution >= 4 is 0 Å². The summed E-state index contributed by atoms with van der Waals surface area (Å²) in [6.45, 7) is 2.88.